The van der Waals surface area contributed by atoms with Crippen LogP contribution in [0, 0.1) is 30.7 Å². The molecule has 0 spiro atoms. The van der Waals surface area contributed by atoms with Gasteiger partial charge in [-0.2, -0.15) is 11.3 Å². The topological polar surface area (TPSA) is 50.2 Å². The summed E-state index contributed by atoms with van der Waals surface area (Å²) in [5.41, 5.74) is 5.08. The van der Waals surface area contributed by atoms with Crippen LogP contribution in [0.4, 0.5) is 0 Å². The summed E-state index contributed by atoms with van der Waals surface area (Å²) < 4.78 is 2.84. The molecule has 43 heavy (non-hydrogen) atoms. The Balaban J connectivity index is 0.000000318. The summed E-state index contributed by atoms with van der Waals surface area (Å²) in [7, 11) is -1.37. The van der Waals surface area contributed by atoms with Gasteiger partial charge in [0, 0.05) is 52.8 Å². The van der Waals surface area contributed by atoms with Crippen molar-refractivity contribution in [2.45, 2.75) is 101 Å². The Morgan fingerprint density at radius 2 is 1.51 bits per heavy atom. The first-order chi connectivity index (χ1) is 19.6. The number of nitrogens with zero attached hydrogens (tertiary/aromatic N) is 1. The normalized spacial score (nSPS) is 12.6. The van der Waals surface area contributed by atoms with E-state index in [-0.39, 0.29) is 42.5 Å². The third-order valence-electron chi connectivity index (χ3n) is 9.12. The van der Waals surface area contributed by atoms with Gasteiger partial charge in [0.1, 0.15) is 5.76 Å². The molecule has 1 N–H and O–H groups in total. The molecular weight excluding hydrogens is 743 g/mol. The smallest absolute Gasteiger partial charge is 0.164 e. The van der Waals surface area contributed by atoms with Crippen molar-refractivity contribution in [2.24, 2.45) is 10.8 Å². The standard InChI is InChI=1S/C22H22NSSi.C15H28O2.Ir/c1-14-10-15(2)12-16(11-14)21-22-18(13-20(24-22)25(3,4)5)17-8-6-7-9-19(17)23-21;1-7-14(5,8-2)12(16)11-13(17)15(6,9-3)10-4;/h6-11,13H,1-5H3;11,16H,7-10H2,1-6H3;/q-1;;/b;12-11-;. The quantitative estimate of drug-likeness (QED) is 0.0795. The number of aromatic nitrogens is 1. The van der Waals surface area contributed by atoms with Gasteiger partial charge in [-0.25, -0.2) is 0 Å². The molecule has 2 aromatic carbocycles. The Kier molecular flexibility index (Phi) is 12.7. The zero-order chi connectivity index (χ0) is 31.5. The fourth-order valence-electron chi connectivity index (χ4n) is 5.00. The maximum absolute atomic E-state index is 12.2. The molecule has 2 aromatic heterocycles. The molecule has 0 atom stereocenters. The number of carbonyl (C=O) groups is 1. The number of benzene rings is 2. The molecule has 0 unspecified atom stereocenters. The fraction of sp³-hybridized carbons (Fsp3) is 0.459. The van der Waals surface area contributed by atoms with E-state index < -0.39 is 8.07 Å². The second-order valence-electron chi connectivity index (χ2n) is 13.3. The first-order valence-corrected chi connectivity index (χ1v) is 19.7. The van der Waals surface area contributed by atoms with E-state index >= 15 is 0 Å². The van der Waals surface area contributed by atoms with Gasteiger partial charge in [0.2, 0.25) is 0 Å². The molecule has 0 aliphatic carbocycles. The van der Waals surface area contributed by atoms with Crippen LogP contribution in [0.5, 0.6) is 0 Å². The van der Waals surface area contributed by atoms with Crippen molar-refractivity contribution < 1.29 is 30.0 Å². The molecule has 0 saturated carbocycles. The van der Waals surface area contributed by atoms with E-state index in [0.29, 0.717) is 0 Å². The van der Waals surface area contributed by atoms with Crippen LogP contribution in [0.2, 0.25) is 19.6 Å². The first kappa shape index (κ1) is 37.1. The van der Waals surface area contributed by atoms with Gasteiger partial charge in [0.15, 0.2) is 5.78 Å². The Labute approximate surface area is 278 Å². The van der Waals surface area contributed by atoms with Crippen molar-refractivity contribution in [3.05, 3.63) is 71.5 Å². The maximum Gasteiger partial charge on any atom is 0.164 e. The number of aliphatic hydroxyl groups is 1. The molecule has 0 fully saturated rings. The maximum atomic E-state index is 12.2. The van der Waals surface area contributed by atoms with Crippen molar-refractivity contribution in [1.29, 1.82) is 0 Å². The van der Waals surface area contributed by atoms with E-state index in [0.717, 1.165) is 42.5 Å². The predicted molar refractivity (Wildman–Crippen MR) is 187 cm³/mol. The summed E-state index contributed by atoms with van der Waals surface area (Å²) in [6.07, 6.45) is 4.75. The zero-order valence-electron chi connectivity index (χ0n) is 28.0. The number of pyridine rings is 1. The second kappa shape index (κ2) is 14.8. The summed E-state index contributed by atoms with van der Waals surface area (Å²) in [4.78, 5) is 17.2. The molecule has 4 aromatic rings. The molecule has 0 aliphatic rings. The molecule has 1 radical (unpaired) electrons. The van der Waals surface area contributed by atoms with E-state index in [4.69, 9.17) is 4.98 Å². The minimum atomic E-state index is -1.37. The summed E-state index contributed by atoms with van der Waals surface area (Å²) >= 11 is 1.93. The molecule has 0 amide bonds. The Morgan fingerprint density at radius 3 is 2.05 bits per heavy atom. The van der Waals surface area contributed by atoms with Gasteiger partial charge in [0.25, 0.3) is 0 Å². The van der Waals surface area contributed by atoms with Crippen LogP contribution in [0.1, 0.15) is 78.4 Å². The predicted octanol–water partition coefficient (Wildman–Crippen LogP) is 10.7. The number of hydrogen-bond acceptors (Lipinski definition) is 4. The summed E-state index contributed by atoms with van der Waals surface area (Å²) in [5, 5.41) is 12.7. The number of rotatable bonds is 9. The number of para-hydroxylation sites is 1. The fourth-order valence-corrected chi connectivity index (χ4v) is 8.03. The van der Waals surface area contributed by atoms with Crippen LogP contribution in [0.3, 0.4) is 0 Å². The first-order valence-electron chi connectivity index (χ1n) is 15.4. The van der Waals surface area contributed by atoms with Gasteiger partial charge in [0.05, 0.1) is 13.6 Å². The van der Waals surface area contributed by atoms with Crippen LogP contribution in [-0.2, 0) is 24.9 Å². The van der Waals surface area contributed by atoms with Crippen molar-refractivity contribution in [3.8, 4) is 11.3 Å². The minimum absolute atomic E-state index is 0. The number of fused-ring (bicyclic) bond motifs is 3. The number of aliphatic hydroxyl groups excluding tert-OH is 1. The Hall–Kier alpha value is -2.11. The monoisotopic (exact) mass is 793 g/mol. The molecule has 6 heteroatoms. The number of aryl methyl sites for hydroxylation is 2. The molecule has 0 bridgehead atoms. The number of carbonyl (C=O) groups excluding carboxylic acids is 1. The van der Waals surface area contributed by atoms with Crippen LogP contribution in [0.15, 0.2) is 54.3 Å². The third-order valence-corrected chi connectivity index (χ3v) is 13.8. The van der Waals surface area contributed by atoms with E-state index in [1.807, 2.05) is 52.9 Å². The van der Waals surface area contributed by atoms with Crippen LogP contribution >= 0.6 is 11.3 Å². The molecule has 235 valence electrons. The molecule has 3 nitrogen and oxygen atoms in total. The van der Waals surface area contributed by atoms with Crippen LogP contribution < -0.4 is 4.50 Å². The van der Waals surface area contributed by atoms with Crippen molar-refractivity contribution in [1.82, 2.24) is 4.98 Å². The second-order valence-corrected chi connectivity index (χ2v) is 19.7. The molecule has 0 aliphatic heterocycles. The van der Waals surface area contributed by atoms with Crippen molar-refractivity contribution in [2.75, 3.05) is 0 Å². The van der Waals surface area contributed by atoms with E-state index in [2.05, 4.69) is 82.0 Å². The van der Waals surface area contributed by atoms with Gasteiger partial charge < -0.3 is 5.11 Å². The average Bonchev–Trinajstić information content (AvgIpc) is 3.42. The van der Waals surface area contributed by atoms with Crippen LogP contribution in [0.25, 0.3) is 32.2 Å². The Bertz CT molecular complexity index is 1570. The van der Waals surface area contributed by atoms with E-state index in [1.165, 1.54) is 37.2 Å². The van der Waals surface area contributed by atoms with Gasteiger partial charge in [-0.1, -0.05) is 93.2 Å². The Morgan fingerprint density at radius 1 is 0.930 bits per heavy atom. The number of ketones is 1. The largest absolute Gasteiger partial charge is 0.512 e. The van der Waals surface area contributed by atoms with Crippen molar-refractivity contribution in [3.63, 3.8) is 0 Å². The van der Waals surface area contributed by atoms with Crippen molar-refractivity contribution >= 4 is 50.7 Å². The summed E-state index contributed by atoms with van der Waals surface area (Å²) in [5.74, 6) is 0.286. The van der Waals surface area contributed by atoms with Crippen LogP contribution in [-0.4, -0.2) is 23.9 Å². The van der Waals surface area contributed by atoms with E-state index in [9.17, 15) is 9.90 Å². The third kappa shape index (κ3) is 8.33. The number of thiophene rings is 1. The zero-order valence-corrected chi connectivity index (χ0v) is 32.2. The summed E-state index contributed by atoms with van der Waals surface area (Å²) in [6, 6.07) is 18.8. The molecule has 0 saturated heterocycles. The number of allylic oxidation sites excluding steroid dienone is 2. The molecular formula is C37H50IrNO2SSi-. The van der Waals surface area contributed by atoms with Gasteiger partial charge in [-0.05, 0) is 47.7 Å². The summed E-state index contributed by atoms with van der Waals surface area (Å²) in [6.45, 7) is 23.6. The average molecular weight is 793 g/mol. The number of hydrogen-bond donors (Lipinski definition) is 1. The van der Waals surface area contributed by atoms with E-state index in [1.54, 1.807) is 0 Å². The molecule has 2 heterocycles. The molecule has 4 rings (SSSR count). The van der Waals surface area contributed by atoms with Gasteiger partial charge in [-0.15, -0.1) is 34.9 Å². The minimum Gasteiger partial charge on any atom is -0.512 e. The van der Waals surface area contributed by atoms with Gasteiger partial charge >= 0.3 is 0 Å². The SMILES string of the molecule is CCC(C)(CC)C(=O)/C=C(\O)C(C)(CC)CC.Cc1[c-]c(-c2nc3ccccc3c3cc([Si](C)(C)C)sc23)cc(C)c1.[Ir]. The van der Waals surface area contributed by atoms with Gasteiger partial charge in [-0.3, -0.25) is 9.78 Å².